The van der Waals surface area contributed by atoms with Crippen LogP contribution in [0.4, 0.5) is 0 Å². The molecule has 8 nitrogen and oxygen atoms in total. The number of carbonyl (C=O) groups is 2. The van der Waals surface area contributed by atoms with E-state index in [2.05, 4.69) is 4.98 Å². The van der Waals surface area contributed by atoms with Crippen molar-refractivity contribution in [1.82, 2.24) is 14.5 Å². The molecule has 5 rings (SSSR count). The zero-order chi connectivity index (χ0) is 23.7. The summed E-state index contributed by atoms with van der Waals surface area (Å²) in [6.45, 7) is 1.78. The predicted octanol–water partition coefficient (Wildman–Crippen LogP) is 3.82. The van der Waals surface area contributed by atoms with E-state index < -0.39 is 17.7 Å². The van der Waals surface area contributed by atoms with Gasteiger partial charge < -0.3 is 24.0 Å². The van der Waals surface area contributed by atoms with Crippen LogP contribution in [-0.4, -0.2) is 51.0 Å². The topological polar surface area (TPSA) is 93.9 Å². The molecule has 1 atom stereocenters. The quantitative estimate of drug-likeness (QED) is 0.328. The maximum absolute atomic E-state index is 13.2. The van der Waals surface area contributed by atoms with Crippen molar-refractivity contribution in [2.45, 2.75) is 19.0 Å². The van der Waals surface area contributed by atoms with Crippen LogP contribution in [0.15, 0.2) is 66.8 Å². The van der Waals surface area contributed by atoms with Crippen molar-refractivity contribution in [3.8, 4) is 11.5 Å². The summed E-state index contributed by atoms with van der Waals surface area (Å²) in [5.74, 6) is -0.620. The molecule has 3 aromatic rings. The lowest BCUT2D eigenvalue weighted by Crippen LogP contribution is -2.31. The Morgan fingerprint density at radius 3 is 2.68 bits per heavy atom. The van der Waals surface area contributed by atoms with Gasteiger partial charge >= 0.3 is 0 Å². The van der Waals surface area contributed by atoms with Crippen molar-refractivity contribution in [1.29, 1.82) is 0 Å². The molecule has 1 aromatic heterocycles. The van der Waals surface area contributed by atoms with Gasteiger partial charge in [-0.15, -0.1) is 0 Å². The lowest BCUT2D eigenvalue weighted by molar-refractivity contribution is -0.139. The molecule has 9 heteroatoms. The van der Waals surface area contributed by atoms with E-state index in [1.165, 1.54) is 4.90 Å². The Morgan fingerprint density at radius 1 is 1.09 bits per heavy atom. The van der Waals surface area contributed by atoms with E-state index >= 15 is 0 Å². The molecular formula is C25H22ClN3O5. The number of aromatic nitrogens is 2. The summed E-state index contributed by atoms with van der Waals surface area (Å²) in [5, 5.41) is 11.7. The molecule has 0 spiro atoms. The standard InChI is InChI=1S/C25H22ClN3O5/c26-18-4-1-3-16(13-18)22-21(23(30)17-5-6-19-20(14-17)34-12-11-33-19)24(31)25(32)29(22)9-2-8-28-10-7-27-15-28/h1,3-7,10,13-15,22,30H,2,8-9,11-12H2/b23-21+. The van der Waals surface area contributed by atoms with Gasteiger partial charge in [-0.05, 0) is 42.3 Å². The number of aliphatic hydroxyl groups is 1. The summed E-state index contributed by atoms with van der Waals surface area (Å²) < 4.78 is 13.1. The molecule has 34 heavy (non-hydrogen) atoms. The van der Waals surface area contributed by atoms with Crippen molar-refractivity contribution in [2.75, 3.05) is 19.8 Å². The number of nitrogens with zero attached hydrogens (tertiary/aromatic N) is 3. The third-order valence-electron chi connectivity index (χ3n) is 5.89. The molecule has 3 heterocycles. The van der Waals surface area contributed by atoms with Crippen LogP contribution in [0.5, 0.6) is 11.5 Å². The number of benzene rings is 2. The number of carbonyl (C=O) groups excluding carboxylic acids is 2. The minimum Gasteiger partial charge on any atom is -0.507 e. The molecule has 1 unspecified atom stereocenters. The van der Waals surface area contributed by atoms with Crippen molar-refractivity contribution in [2.24, 2.45) is 0 Å². The number of aryl methyl sites for hydroxylation is 1. The Kier molecular flexibility index (Phi) is 5.98. The number of ether oxygens (including phenoxy) is 2. The predicted molar refractivity (Wildman–Crippen MR) is 125 cm³/mol. The zero-order valence-electron chi connectivity index (χ0n) is 18.2. The average Bonchev–Trinajstić information content (AvgIpc) is 3.45. The number of hydrogen-bond donors (Lipinski definition) is 1. The molecule has 0 radical (unpaired) electrons. The Balaban J connectivity index is 1.54. The van der Waals surface area contributed by atoms with Crippen LogP contribution in [0, 0.1) is 0 Å². The smallest absolute Gasteiger partial charge is 0.295 e. The van der Waals surface area contributed by atoms with Crippen LogP contribution >= 0.6 is 11.6 Å². The second kappa shape index (κ2) is 9.23. The Bertz CT molecular complexity index is 1270. The monoisotopic (exact) mass is 479 g/mol. The van der Waals surface area contributed by atoms with Gasteiger partial charge in [0.25, 0.3) is 11.7 Å². The molecule has 0 aliphatic carbocycles. The van der Waals surface area contributed by atoms with Crippen LogP contribution in [0.25, 0.3) is 5.76 Å². The van der Waals surface area contributed by atoms with E-state index in [1.807, 2.05) is 10.8 Å². The summed E-state index contributed by atoms with van der Waals surface area (Å²) in [6.07, 6.45) is 5.82. The number of imidazole rings is 1. The van der Waals surface area contributed by atoms with Gasteiger partial charge in [-0.3, -0.25) is 9.59 Å². The van der Waals surface area contributed by atoms with Gasteiger partial charge in [-0.2, -0.15) is 0 Å². The molecule has 0 saturated carbocycles. The summed E-state index contributed by atoms with van der Waals surface area (Å²) in [7, 11) is 0. The largest absolute Gasteiger partial charge is 0.507 e. The van der Waals surface area contributed by atoms with Crippen LogP contribution in [-0.2, 0) is 16.1 Å². The second-order valence-electron chi connectivity index (χ2n) is 8.06. The molecular weight excluding hydrogens is 458 g/mol. The molecule has 1 N–H and O–H groups in total. The summed E-state index contributed by atoms with van der Waals surface area (Å²) in [4.78, 5) is 31.8. The lowest BCUT2D eigenvalue weighted by Gasteiger charge is -2.25. The minimum absolute atomic E-state index is 0.0200. The molecule has 0 bridgehead atoms. The Labute approximate surface area is 201 Å². The fourth-order valence-electron chi connectivity index (χ4n) is 4.32. The molecule has 2 aliphatic rings. The summed E-state index contributed by atoms with van der Waals surface area (Å²) in [5.41, 5.74) is 1.03. The highest BCUT2D eigenvalue weighted by molar-refractivity contribution is 6.46. The van der Waals surface area contributed by atoms with Gasteiger partial charge in [0, 0.05) is 36.1 Å². The maximum atomic E-state index is 13.2. The first kappa shape index (κ1) is 22.0. The third kappa shape index (κ3) is 4.12. The van der Waals surface area contributed by atoms with Crippen LogP contribution < -0.4 is 9.47 Å². The number of halogens is 1. The van der Waals surface area contributed by atoms with Gasteiger partial charge in [0.2, 0.25) is 0 Å². The number of rotatable bonds is 6. The minimum atomic E-state index is -0.769. The van der Waals surface area contributed by atoms with Gasteiger partial charge in [-0.25, -0.2) is 4.98 Å². The molecule has 2 aliphatic heterocycles. The molecule has 174 valence electrons. The van der Waals surface area contributed by atoms with Crippen LogP contribution in [0.3, 0.4) is 0 Å². The summed E-state index contributed by atoms with van der Waals surface area (Å²) >= 11 is 6.23. The fraction of sp³-hybridized carbons (Fsp3) is 0.240. The van der Waals surface area contributed by atoms with Crippen molar-refractivity contribution < 1.29 is 24.2 Å². The molecule has 1 fully saturated rings. The van der Waals surface area contributed by atoms with Gasteiger partial charge in [0.1, 0.15) is 19.0 Å². The maximum Gasteiger partial charge on any atom is 0.295 e. The number of likely N-dealkylation sites (tertiary alicyclic amines) is 1. The molecule has 1 saturated heterocycles. The number of Topliss-reactive ketones (excluding diaryl/α,β-unsaturated/α-hetero) is 1. The van der Waals surface area contributed by atoms with Gasteiger partial charge in [-0.1, -0.05) is 23.7 Å². The number of fused-ring (bicyclic) bond motifs is 1. The van der Waals surface area contributed by atoms with Crippen LogP contribution in [0.1, 0.15) is 23.6 Å². The van der Waals surface area contributed by atoms with Gasteiger partial charge in [0.05, 0.1) is 17.9 Å². The van der Waals surface area contributed by atoms with E-state index in [9.17, 15) is 14.7 Å². The first-order valence-corrected chi connectivity index (χ1v) is 11.3. The SMILES string of the molecule is O=C1C(=O)N(CCCn2ccnc2)C(c2cccc(Cl)c2)/C1=C(\O)c1ccc2c(c1)OCCO2. The van der Waals surface area contributed by atoms with E-state index in [0.717, 1.165) is 0 Å². The normalized spacial score (nSPS) is 19.0. The van der Waals surface area contributed by atoms with Crippen LogP contribution in [0.2, 0.25) is 5.02 Å². The van der Waals surface area contributed by atoms with E-state index in [1.54, 1.807) is 55.0 Å². The van der Waals surface area contributed by atoms with E-state index in [0.29, 0.717) is 60.4 Å². The van der Waals surface area contributed by atoms with E-state index in [4.69, 9.17) is 21.1 Å². The number of amides is 1. The van der Waals surface area contributed by atoms with Crippen molar-refractivity contribution in [3.63, 3.8) is 0 Å². The highest BCUT2D eigenvalue weighted by atomic mass is 35.5. The highest BCUT2D eigenvalue weighted by Crippen LogP contribution is 2.41. The van der Waals surface area contributed by atoms with Crippen molar-refractivity contribution in [3.05, 3.63) is 82.9 Å². The molecule has 2 aromatic carbocycles. The summed E-state index contributed by atoms with van der Waals surface area (Å²) in [6, 6.07) is 11.1. The number of ketones is 1. The zero-order valence-corrected chi connectivity index (χ0v) is 18.9. The fourth-order valence-corrected chi connectivity index (χ4v) is 4.52. The Hall–Kier alpha value is -3.78. The first-order chi connectivity index (χ1) is 16.5. The Morgan fingerprint density at radius 2 is 1.91 bits per heavy atom. The first-order valence-electron chi connectivity index (χ1n) is 10.9. The number of aliphatic hydroxyl groups excluding tert-OH is 1. The average molecular weight is 480 g/mol. The molecule has 1 amide bonds. The van der Waals surface area contributed by atoms with E-state index in [-0.39, 0.29) is 11.3 Å². The van der Waals surface area contributed by atoms with Crippen molar-refractivity contribution >= 4 is 29.1 Å². The second-order valence-corrected chi connectivity index (χ2v) is 8.50. The lowest BCUT2D eigenvalue weighted by atomic mass is 9.95. The third-order valence-corrected chi connectivity index (χ3v) is 6.13. The van der Waals surface area contributed by atoms with Gasteiger partial charge in [0.15, 0.2) is 11.5 Å². The highest BCUT2D eigenvalue weighted by Gasteiger charge is 2.45. The number of hydrogen-bond acceptors (Lipinski definition) is 6.